The van der Waals surface area contributed by atoms with Crippen molar-refractivity contribution in [3.63, 3.8) is 0 Å². The van der Waals surface area contributed by atoms with E-state index in [4.69, 9.17) is 10.8 Å². The third kappa shape index (κ3) is 3.84. The summed E-state index contributed by atoms with van der Waals surface area (Å²) in [5.74, 6) is 0.211. The fraction of sp³-hybridized carbons (Fsp3) is 0.692. The van der Waals surface area contributed by atoms with Crippen LogP contribution in [0.2, 0.25) is 0 Å². The number of carbonyl (C=O) groups excluding carboxylic acids is 1. The summed E-state index contributed by atoms with van der Waals surface area (Å²) in [6.45, 7) is 6.72. The van der Waals surface area contributed by atoms with Crippen LogP contribution in [-0.2, 0) is 0 Å². The molecule has 2 rings (SSSR count). The molecule has 0 saturated carbocycles. The Morgan fingerprint density at radius 3 is 2.86 bits per heavy atom. The van der Waals surface area contributed by atoms with Gasteiger partial charge in [-0.25, -0.2) is 4.98 Å². The number of nitrogen functional groups attached to an aromatic ring is 1. The fourth-order valence-electron chi connectivity index (χ4n) is 2.27. The summed E-state index contributed by atoms with van der Waals surface area (Å²) in [6.07, 6.45) is 0.572. The highest BCUT2D eigenvalue weighted by atomic mass is 32.1. The molecule has 0 bridgehead atoms. The number of piperazine rings is 1. The molecule has 4 N–H and O–H groups in total. The van der Waals surface area contributed by atoms with E-state index in [9.17, 15) is 4.79 Å². The van der Waals surface area contributed by atoms with E-state index in [2.05, 4.69) is 15.2 Å². The van der Waals surface area contributed by atoms with Gasteiger partial charge in [0.15, 0.2) is 5.13 Å². The SMILES string of the molecule is CCN(CCCO)C(=O)c1sc(N2CCNCC2)nc1N. The Labute approximate surface area is 128 Å². The standard InChI is InChI=1S/C13H23N5O2S/c1-2-17(6-3-9-19)12(20)10-11(14)16-13(21-10)18-7-4-15-5-8-18/h15,19H,2-9,14H2,1H3. The monoisotopic (exact) mass is 313 g/mol. The largest absolute Gasteiger partial charge is 0.396 e. The van der Waals surface area contributed by atoms with Gasteiger partial charge < -0.3 is 26.0 Å². The van der Waals surface area contributed by atoms with Crippen molar-refractivity contribution in [2.75, 3.05) is 56.5 Å². The molecule has 7 nitrogen and oxygen atoms in total. The number of anilines is 2. The molecule has 21 heavy (non-hydrogen) atoms. The summed E-state index contributed by atoms with van der Waals surface area (Å²) >= 11 is 1.36. The van der Waals surface area contributed by atoms with Crippen molar-refractivity contribution in [1.29, 1.82) is 0 Å². The van der Waals surface area contributed by atoms with Crippen molar-refractivity contribution in [2.45, 2.75) is 13.3 Å². The van der Waals surface area contributed by atoms with Gasteiger partial charge in [-0.1, -0.05) is 11.3 Å². The number of nitrogens with two attached hydrogens (primary N) is 1. The average molecular weight is 313 g/mol. The maximum absolute atomic E-state index is 12.5. The van der Waals surface area contributed by atoms with Crippen LogP contribution in [-0.4, -0.2) is 66.8 Å². The third-order valence-electron chi connectivity index (χ3n) is 3.48. The van der Waals surface area contributed by atoms with E-state index in [1.165, 1.54) is 11.3 Å². The number of aromatic nitrogens is 1. The lowest BCUT2D eigenvalue weighted by Crippen LogP contribution is -2.43. The first-order chi connectivity index (χ1) is 10.2. The van der Waals surface area contributed by atoms with E-state index in [0.717, 1.165) is 31.3 Å². The van der Waals surface area contributed by atoms with Crippen molar-refractivity contribution in [3.8, 4) is 0 Å². The Morgan fingerprint density at radius 2 is 2.24 bits per heavy atom. The highest BCUT2D eigenvalue weighted by Gasteiger charge is 2.23. The summed E-state index contributed by atoms with van der Waals surface area (Å²) in [6, 6.07) is 0. The van der Waals surface area contributed by atoms with Gasteiger partial charge in [0.05, 0.1) is 0 Å². The van der Waals surface area contributed by atoms with Crippen molar-refractivity contribution < 1.29 is 9.90 Å². The Morgan fingerprint density at radius 1 is 1.52 bits per heavy atom. The normalized spacial score (nSPS) is 15.2. The van der Waals surface area contributed by atoms with Crippen LogP contribution in [0.5, 0.6) is 0 Å². The number of carbonyl (C=O) groups is 1. The Kier molecular flexibility index (Phi) is 5.77. The van der Waals surface area contributed by atoms with Crippen molar-refractivity contribution in [1.82, 2.24) is 15.2 Å². The number of nitrogens with zero attached hydrogens (tertiary/aromatic N) is 3. The van der Waals surface area contributed by atoms with Crippen LogP contribution in [0, 0.1) is 0 Å². The molecule has 1 aromatic rings. The zero-order valence-corrected chi connectivity index (χ0v) is 13.2. The van der Waals surface area contributed by atoms with Gasteiger partial charge in [0, 0.05) is 45.9 Å². The van der Waals surface area contributed by atoms with Gasteiger partial charge in [-0.15, -0.1) is 0 Å². The Hall–Kier alpha value is -1.38. The summed E-state index contributed by atoms with van der Waals surface area (Å²) in [5, 5.41) is 13.0. The van der Waals surface area contributed by atoms with Crippen LogP contribution in [0.15, 0.2) is 0 Å². The van der Waals surface area contributed by atoms with Gasteiger partial charge in [-0.2, -0.15) is 0 Å². The minimum atomic E-state index is -0.0951. The number of hydrogen-bond donors (Lipinski definition) is 3. The first-order valence-corrected chi connectivity index (χ1v) is 8.11. The summed E-state index contributed by atoms with van der Waals surface area (Å²) in [7, 11) is 0. The van der Waals surface area contributed by atoms with Crippen molar-refractivity contribution >= 4 is 28.2 Å². The molecule has 0 aliphatic carbocycles. The van der Waals surface area contributed by atoms with Gasteiger partial charge in [0.1, 0.15) is 10.7 Å². The highest BCUT2D eigenvalue weighted by molar-refractivity contribution is 7.18. The minimum Gasteiger partial charge on any atom is -0.396 e. The van der Waals surface area contributed by atoms with Crippen LogP contribution >= 0.6 is 11.3 Å². The molecule has 8 heteroatoms. The molecule has 0 unspecified atom stereocenters. The second kappa shape index (κ2) is 7.58. The predicted octanol–water partition coefficient (Wildman–Crippen LogP) is -0.0206. The van der Waals surface area contributed by atoms with Gasteiger partial charge in [-0.3, -0.25) is 4.79 Å². The lowest BCUT2D eigenvalue weighted by Gasteiger charge is -2.26. The van der Waals surface area contributed by atoms with Gasteiger partial charge in [0.2, 0.25) is 0 Å². The van der Waals surface area contributed by atoms with Crippen molar-refractivity contribution in [2.24, 2.45) is 0 Å². The van der Waals surface area contributed by atoms with E-state index in [-0.39, 0.29) is 12.5 Å². The molecule has 2 heterocycles. The quantitative estimate of drug-likeness (QED) is 0.683. The molecule has 1 amide bonds. The van der Waals surface area contributed by atoms with E-state index in [1.807, 2.05) is 6.92 Å². The second-order valence-corrected chi connectivity index (χ2v) is 5.89. The first kappa shape index (κ1) is 16.0. The van der Waals surface area contributed by atoms with Gasteiger partial charge in [0.25, 0.3) is 5.91 Å². The molecular weight excluding hydrogens is 290 g/mol. The highest BCUT2D eigenvalue weighted by Crippen LogP contribution is 2.29. The van der Waals surface area contributed by atoms with E-state index in [0.29, 0.717) is 30.2 Å². The zero-order valence-electron chi connectivity index (χ0n) is 12.3. The molecular formula is C13H23N5O2S. The van der Waals surface area contributed by atoms with Crippen LogP contribution in [0.4, 0.5) is 10.9 Å². The third-order valence-corrected chi connectivity index (χ3v) is 4.60. The molecule has 0 spiro atoms. The number of nitrogens with one attached hydrogen (secondary N) is 1. The van der Waals surface area contributed by atoms with Crippen LogP contribution in [0.25, 0.3) is 0 Å². The molecule has 0 atom stereocenters. The Balaban J connectivity index is 2.11. The van der Waals surface area contributed by atoms with Crippen LogP contribution in [0.1, 0.15) is 23.0 Å². The molecule has 0 radical (unpaired) electrons. The van der Waals surface area contributed by atoms with Crippen LogP contribution < -0.4 is 16.0 Å². The summed E-state index contributed by atoms with van der Waals surface area (Å²) in [5.41, 5.74) is 5.93. The number of amides is 1. The molecule has 1 aromatic heterocycles. The number of hydrogen-bond acceptors (Lipinski definition) is 7. The lowest BCUT2D eigenvalue weighted by atomic mass is 10.3. The maximum Gasteiger partial charge on any atom is 0.267 e. The smallest absolute Gasteiger partial charge is 0.267 e. The summed E-state index contributed by atoms with van der Waals surface area (Å²) in [4.78, 5) is 21.2. The molecule has 1 fully saturated rings. The first-order valence-electron chi connectivity index (χ1n) is 7.29. The second-order valence-electron chi connectivity index (χ2n) is 4.91. The molecule has 1 saturated heterocycles. The number of thiazole rings is 1. The average Bonchev–Trinajstić information content (AvgIpc) is 2.90. The summed E-state index contributed by atoms with van der Waals surface area (Å²) < 4.78 is 0. The van der Waals surface area contributed by atoms with E-state index in [1.54, 1.807) is 4.90 Å². The number of rotatable bonds is 6. The molecule has 0 aromatic carbocycles. The van der Waals surface area contributed by atoms with Crippen molar-refractivity contribution in [3.05, 3.63) is 4.88 Å². The van der Waals surface area contributed by atoms with Crippen LogP contribution in [0.3, 0.4) is 0 Å². The van der Waals surface area contributed by atoms with E-state index < -0.39 is 0 Å². The number of aliphatic hydroxyl groups excluding tert-OH is 1. The lowest BCUT2D eigenvalue weighted by molar-refractivity contribution is 0.0760. The fourth-order valence-corrected chi connectivity index (χ4v) is 3.28. The van der Waals surface area contributed by atoms with Gasteiger partial charge >= 0.3 is 0 Å². The number of aliphatic hydroxyl groups is 1. The maximum atomic E-state index is 12.5. The molecule has 1 aliphatic rings. The Bertz CT molecular complexity index is 473. The minimum absolute atomic E-state index is 0.0774. The predicted molar refractivity (Wildman–Crippen MR) is 84.9 cm³/mol. The topological polar surface area (TPSA) is 94.7 Å². The zero-order chi connectivity index (χ0) is 15.2. The molecule has 1 aliphatic heterocycles. The van der Waals surface area contributed by atoms with Gasteiger partial charge in [-0.05, 0) is 13.3 Å². The van der Waals surface area contributed by atoms with E-state index >= 15 is 0 Å². The molecule has 118 valence electrons.